The number of nitrogens with two attached hydrogens (primary N) is 1. The van der Waals surface area contributed by atoms with Crippen LogP contribution in [-0.2, 0) is 4.79 Å². The summed E-state index contributed by atoms with van der Waals surface area (Å²) in [7, 11) is 0. The van der Waals surface area contributed by atoms with Crippen molar-refractivity contribution in [1.29, 1.82) is 0 Å². The van der Waals surface area contributed by atoms with Crippen LogP contribution >= 0.6 is 11.8 Å². The molecule has 1 fully saturated rings. The molecule has 0 aromatic heterocycles. The lowest BCUT2D eigenvalue weighted by molar-refractivity contribution is -0.120. The van der Waals surface area contributed by atoms with Gasteiger partial charge in [-0.05, 0) is 18.6 Å². The summed E-state index contributed by atoms with van der Waals surface area (Å²) in [6.07, 6.45) is 2.12. The molecule has 3 N–H and O–H groups in total. The van der Waals surface area contributed by atoms with Crippen molar-refractivity contribution in [3.63, 3.8) is 0 Å². The number of amides is 1. The highest BCUT2D eigenvalue weighted by atomic mass is 32.2. The smallest absolute Gasteiger partial charge is 0.246 e. The molecule has 9 heavy (non-hydrogen) atoms. The normalized spacial score (nSPS) is 26.1. The highest BCUT2D eigenvalue weighted by Gasteiger charge is 2.21. The summed E-state index contributed by atoms with van der Waals surface area (Å²) < 4.78 is 0. The van der Waals surface area contributed by atoms with E-state index >= 15 is 0 Å². The van der Waals surface area contributed by atoms with Crippen molar-refractivity contribution in [3.05, 3.63) is 0 Å². The molecular formula is C5H10N2OS. The van der Waals surface area contributed by atoms with Gasteiger partial charge in [0.2, 0.25) is 5.91 Å². The Morgan fingerprint density at radius 2 is 2.56 bits per heavy atom. The number of hydrogen-bond acceptors (Lipinski definition) is 3. The molecule has 3 nitrogen and oxygen atoms in total. The van der Waals surface area contributed by atoms with Gasteiger partial charge in [0, 0.05) is 0 Å². The van der Waals surface area contributed by atoms with E-state index in [1.807, 2.05) is 0 Å². The SMILES string of the molecule is NNC(=O)[C@H]1CCCS1. The Labute approximate surface area is 58.3 Å². The van der Waals surface area contributed by atoms with Gasteiger partial charge < -0.3 is 0 Å². The maximum absolute atomic E-state index is 10.8. The van der Waals surface area contributed by atoms with Gasteiger partial charge in [-0.25, -0.2) is 5.84 Å². The minimum atomic E-state index is -0.0301. The molecule has 0 spiro atoms. The van der Waals surface area contributed by atoms with Gasteiger partial charge in [0.25, 0.3) is 0 Å². The fraction of sp³-hybridized carbons (Fsp3) is 0.800. The summed E-state index contributed by atoms with van der Waals surface area (Å²) >= 11 is 1.68. The molecule has 0 aromatic rings. The van der Waals surface area contributed by atoms with Gasteiger partial charge in [-0.1, -0.05) is 0 Å². The molecule has 0 aliphatic carbocycles. The second-order valence-electron chi connectivity index (χ2n) is 2.01. The third kappa shape index (κ3) is 1.59. The molecule has 0 bridgehead atoms. The van der Waals surface area contributed by atoms with Crippen LogP contribution in [0.25, 0.3) is 0 Å². The van der Waals surface area contributed by atoms with Crippen LogP contribution in [-0.4, -0.2) is 16.9 Å². The molecule has 0 unspecified atom stereocenters. The van der Waals surface area contributed by atoms with Crippen LogP contribution in [0.2, 0.25) is 0 Å². The lowest BCUT2D eigenvalue weighted by Crippen LogP contribution is -2.36. The highest BCUT2D eigenvalue weighted by Crippen LogP contribution is 2.25. The van der Waals surface area contributed by atoms with Gasteiger partial charge in [-0.15, -0.1) is 11.8 Å². The lowest BCUT2D eigenvalue weighted by Gasteiger charge is -2.03. The van der Waals surface area contributed by atoms with E-state index in [1.54, 1.807) is 11.8 Å². The Hall–Kier alpha value is -0.220. The van der Waals surface area contributed by atoms with Gasteiger partial charge in [0.15, 0.2) is 0 Å². The molecule has 1 saturated heterocycles. The van der Waals surface area contributed by atoms with E-state index in [2.05, 4.69) is 5.43 Å². The van der Waals surface area contributed by atoms with Crippen LogP contribution in [0.5, 0.6) is 0 Å². The van der Waals surface area contributed by atoms with E-state index in [4.69, 9.17) is 5.84 Å². The number of hydrazine groups is 1. The maximum atomic E-state index is 10.8. The first kappa shape index (κ1) is 6.89. The second kappa shape index (κ2) is 3.08. The molecule has 1 aliphatic rings. The first-order valence-electron chi connectivity index (χ1n) is 2.96. The minimum absolute atomic E-state index is 0.0301. The Bertz CT molecular complexity index is 112. The Kier molecular flexibility index (Phi) is 2.36. The summed E-state index contributed by atoms with van der Waals surface area (Å²) in [5, 5.41) is 0.120. The van der Waals surface area contributed by atoms with Gasteiger partial charge in [-0.3, -0.25) is 10.2 Å². The summed E-state index contributed by atoms with van der Waals surface area (Å²) in [5.74, 6) is 6.00. The zero-order valence-electron chi connectivity index (χ0n) is 5.09. The van der Waals surface area contributed by atoms with Crippen molar-refractivity contribution in [3.8, 4) is 0 Å². The van der Waals surface area contributed by atoms with Gasteiger partial charge in [0.1, 0.15) is 0 Å². The Morgan fingerprint density at radius 3 is 3.00 bits per heavy atom. The van der Waals surface area contributed by atoms with Crippen LogP contribution in [0, 0.1) is 0 Å². The number of hydrogen-bond donors (Lipinski definition) is 2. The van der Waals surface area contributed by atoms with E-state index in [1.165, 1.54) is 0 Å². The number of rotatable bonds is 1. The van der Waals surface area contributed by atoms with E-state index in [0.29, 0.717) is 0 Å². The predicted octanol–water partition coefficient (Wildman–Crippen LogP) is -0.128. The zero-order chi connectivity index (χ0) is 6.69. The number of carbonyl (C=O) groups excluding carboxylic acids is 1. The summed E-state index contributed by atoms with van der Waals surface area (Å²) in [5.41, 5.74) is 2.15. The van der Waals surface area contributed by atoms with Gasteiger partial charge in [-0.2, -0.15) is 0 Å². The number of nitrogens with one attached hydrogen (secondary N) is 1. The summed E-state index contributed by atoms with van der Waals surface area (Å²) in [6.45, 7) is 0. The summed E-state index contributed by atoms with van der Waals surface area (Å²) in [6, 6.07) is 0. The Balaban J connectivity index is 2.32. The monoisotopic (exact) mass is 146 g/mol. The first-order chi connectivity index (χ1) is 4.34. The van der Waals surface area contributed by atoms with Gasteiger partial charge >= 0.3 is 0 Å². The molecule has 1 atom stereocenters. The van der Waals surface area contributed by atoms with Crippen LogP contribution in [0.15, 0.2) is 0 Å². The van der Waals surface area contributed by atoms with Crippen molar-refractivity contribution in [1.82, 2.24) is 5.43 Å². The molecule has 0 radical (unpaired) electrons. The van der Waals surface area contributed by atoms with Crippen LogP contribution in [0.1, 0.15) is 12.8 Å². The molecule has 52 valence electrons. The minimum Gasteiger partial charge on any atom is -0.293 e. The van der Waals surface area contributed by atoms with E-state index in [0.717, 1.165) is 18.6 Å². The number of thioether (sulfide) groups is 1. The predicted molar refractivity (Wildman–Crippen MR) is 37.8 cm³/mol. The van der Waals surface area contributed by atoms with Crippen molar-refractivity contribution in [2.24, 2.45) is 5.84 Å². The fourth-order valence-electron chi connectivity index (χ4n) is 0.877. The molecule has 0 saturated carbocycles. The zero-order valence-corrected chi connectivity index (χ0v) is 5.91. The number of carbonyl (C=O) groups is 1. The lowest BCUT2D eigenvalue weighted by atomic mass is 10.2. The maximum Gasteiger partial charge on any atom is 0.246 e. The summed E-state index contributed by atoms with van der Waals surface area (Å²) in [4.78, 5) is 10.8. The molecule has 1 rings (SSSR count). The van der Waals surface area contributed by atoms with E-state index < -0.39 is 0 Å². The van der Waals surface area contributed by atoms with Crippen molar-refractivity contribution >= 4 is 17.7 Å². The van der Waals surface area contributed by atoms with Crippen molar-refractivity contribution in [2.45, 2.75) is 18.1 Å². The molecule has 4 heteroatoms. The molecule has 1 heterocycles. The molecule has 1 amide bonds. The van der Waals surface area contributed by atoms with E-state index in [9.17, 15) is 4.79 Å². The fourth-order valence-corrected chi connectivity index (χ4v) is 2.05. The highest BCUT2D eigenvalue weighted by molar-refractivity contribution is 8.00. The average Bonchev–Trinajstić information content (AvgIpc) is 2.37. The largest absolute Gasteiger partial charge is 0.293 e. The van der Waals surface area contributed by atoms with Crippen LogP contribution in [0.3, 0.4) is 0 Å². The van der Waals surface area contributed by atoms with Crippen molar-refractivity contribution in [2.75, 3.05) is 5.75 Å². The first-order valence-corrected chi connectivity index (χ1v) is 4.01. The van der Waals surface area contributed by atoms with E-state index in [-0.39, 0.29) is 11.2 Å². The molecule has 0 aromatic carbocycles. The van der Waals surface area contributed by atoms with Crippen LogP contribution < -0.4 is 11.3 Å². The second-order valence-corrected chi connectivity index (χ2v) is 3.32. The third-order valence-corrected chi connectivity index (χ3v) is 2.74. The molecular weight excluding hydrogens is 136 g/mol. The third-order valence-electron chi connectivity index (χ3n) is 1.36. The van der Waals surface area contributed by atoms with Gasteiger partial charge in [0.05, 0.1) is 5.25 Å². The standard InChI is InChI=1S/C5H10N2OS/c6-7-5(8)4-2-1-3-9-4/h4H,1-3,6H2,(H,7,8)/t4-/m1/s1. The van der Waals surface area contributed by atoms with Crippen LogP contribution in [0.4, 0.5) is 0 Å². The topological polar surface area (TPSA) is 55.1 Å². The Morgan fingerprint density at radius 1 is 1.78 bits per heavy atom. The quantitative estimate of drug-likeness (QED) is 0.308. The molecule has 1 aliphatic heterocycles. The van der Waals surface area contributed by atoms with Crippen molar-refractivity contribution < 1.29 is 4.79 Å². The average molecular weight is 146 g/mol.